The van der Waals surface area contributed by atoms with Gasteiger partial charge in [-0.25, -0.2) is 45.0 Å². The Balaban J connectivity index is 0.000000330. The number of nitrogen functional groups attached to an aromatic ring is 1. The molecule has 0 radical (unpaired) electrons. The standard InChI is InChI=1S/C9H14F2N3O13P3S.C9H13F2N2O13P3S2/c10-2-9(16)4(15)6(24-7(9)14-1-3(11)5(12)13-8(14)31)25-29(20,21)27-30(22,23)26-28(17,18)19;10-2-9(15)4(14)6(23-7(9)13-1-3(11)5(30)12-8(13)31)24-28(19,20)26-29(21,22)25-27(16,17)18/h1,4,6-7,15-16H,2H2,(H,20,21)(H,22,23)(H2,12,13,31)(H2,17,18,19);1,4,6-7,14-15H,2H2,(H,19,20)(H,21,22)(H,12,30,31)(H2,16,17,18)/t2*4-,6+,7+,9?/m00/s1. The van der Waals surface area contributed by atoms with Crippen molar-refractivity contribution in [3.05, 3.63) is 38.2 Å². The largest absolute Gasteiger partial charge is 0.490 e. The quantitative estimate of drug-likeness (QED) is 0.0609. The van der Waals surface area contributed by atoms with Crippen LogP contribution in [0.2, 0.25) is 0 Å². The minimum absolute atomic E-state index is 0.436. The smallest absolute Gasteiger partial charge is 0.384 e. The minimum atomic E-state index is -5.91. The number of anilines is 1. The fourth-order valence-electron chi connectivity index (χ4n) is 4.59. The van der Waals surface area contributed by atoms with Crippen molar-refractivity contribution in [2.24, 2.45) is 0 Å². The van der Waals surface area contributed by atoms with Gasteiger partial charge in [-0.2, -0.15) is 22.2 Å². The number of alkyl halides is 2. The van der Waals surface area contributed by atoms with Gasteiger partial charge in [-0.1, -0.05) is 12.2 Å². The van der Waals surface area contributed by atoms with Gasteiger partial charge < -0.3 is 79.8 Å². The lowest BCUT2D eigenvalue weighted by molar-refractivity contribution is -0.139. The molecular weight excluding hydrogens is 1060 g/mol. The molecule has 31 nitrogen and oxygen atoms in total. The SMILES string of the molecule is Nc1nc(=S)n([C@@H]2O[C@H](OP(=O)(O)OP(=O)(O)OP(=O)(O)O)[C@H](O)C2(O)CF)cc1F.O=P(O)(O)OP(=O)(O)OP(=O)(O)O[C@H]1O[C@@H](n2cc(F)c(=S)[nH]c2=S)C(O)(CF)[C@H]1O. The number of aromatic amines is 1. The van der Waals surface area contributed by atoms with Gasteiger partial charge in [0.05, 0.1) is 0 Å². The maximum absolute atomic E-state index is 13.8. The van der Waals surface area contributed by atoms with E-state index in [0.717, 1.165) is 0 Å². The maximum atomic E-state index is 13.8. The lowest BCUT2D eigenvalue weighted by Gasteiger charge is -2.28. The van der Waals surface area contributed by atoms with Crippen molar-refractivity contribution in [2.45, 2.75) is 48.4 Å². The predicted molar refractivity (Wildman–Crippen MR) is 189 cm³/mol. The lowest BCUT2D eigenvalue weighted by atomic mass is 9.98. The van der Waals surface area contributed by atoms with Crippen LogP contribution < -0.4 is 5.73 Å². The molecule has 356 valence electrons. The van der Waals surface area contributed by atoms with Gasteiger partial charge in [0, 0.05) is 12.4 Å². The van der Waals surface area contributed by atoms with Crippen LogP contribution in [0.1, 0.15) is 12.5 Å². The van der Waals surface area contributed by atoms with Gasteiger partial charge in [-0.3, -0.25) is 18.2 Å². The van der Waals surface area contributed by atoms with E-state index in [1.54, 1.807) is 0 Å². The Labute approximate surface area is 353 Å². The second kappa shape index (κ2) is 19.6. The van der Waals surface area contributed by atoms with Crippen LogP contribution >= 0.6 is 83.6 Å². The molecule has 0 aromatic carbocycles. The van der Waals surface area contributed by atoms with E-state index in [4.69, 9.17) is 69.0 Å². The molecule has 4 heterocycles. The van der Waals surface area contributed by atoms with Gasteiger partial charge in [-0.05, 0) is 24.4 Å². The Kier molecular flexibility index (Phi) is 17.5. The molecule has 0 aliphatic carbocycles. The molecule has 4 rings (SSSR count). The van der Waals surface area contributed by atoms with Crippen molar-refractivity contribution in [3.63, 3.8) is 0 Å². The molecule has 2 aliphatic rings. The molecule has 2 fully saturated rings. The first-order valence-corrected chi connectivity index (χ1v) is 25.0. The molecule has 2 aromatic heterocycles. The molecule has 0 amide bonds. The van der Waals surface area contributed by atoms with E-state index < -0.39 is 140 Å². The van der Waals surface area contributed by atoms with Crippen LogP contribution in [0.3, 0.4) is 0 Å². The number of hydrogen-bond acceptors (Lipinski definition) is 23. The number of aliphatic hydroxyl groups is 4. The number of phosphoric acid groups is 6. The molecule has 0 bridgehead atoms. The molecule has 0 saturated carbocycles. The molecule has 44 heteroatoms. The number of halogens is 4. The predicted octanol–water partition coefficient (Wildman–Crippen LogP) is 0.268. The maximum Gasteiger partial charge on any atom is 0.490 e. The summed E-state index contributed by atoms with van der Waals surface area (Å²) in [6.45, 7) is -3.61. The summed E-state index contributed by atoms with van der Waals surface area (Å²) >= 11 is 14.2. The number of ether oxygens (including phenoxy) is 2. The summed E-state index contributed by atoms with van der Waals surface area (Å²) in [5.74, 6) is -2.99. The zero-order valence-corrected chi connectivity index (χ0v) is 36.8. The zero-order chi connectivity index (χ0) is 48.0. The Morgan fingerprint density at radius 3 is 1.44 bits per heavy atom. The third-order valence-electron chi connectivity index (χ3n) is 7.02. The van der Waals surface area contributed by atoms with Crippen LogP contribution in [0.4, 0.5) is 23.4 Å². The van der Waals surface area contributed by atoms with E-state index in [9.17, 15) is 75.2 Å². The topological polar surface area (TPSA) is 484 Å². The molecule has 2 saturated heterocycles. The van der Waals surface area contributed by atoms with Gasteiger partial charge in [0.15, 0.2) is 45.9 Å². The number of H-pyrrole nitrogens is 1. The lowest BCUT2D eigenvalue weighted by Crippen LogP contribution is -2.48. The van der Waals surface area contributed by atoms with Crippen molar-refractivity contribution in [2.75, 3.05) is 19.1 Å². The van der Waals surface area contributed by atoms with Crippen molar-refractivity contribution in [3.8, 4) is 0 Å². The molecule has 6 unspecified atom stereocenters. The highest BCUT2D eigenvalue weighted by atomic mass is 32.1. The molecule has 2 aliphatic heterocycles. The Morgan fingerprint density at radius 2 is 1.06 bits per heavy atom. The first-order chi connectivity index (χ1) is 27.8. The van der Waals surface area contributed by atoms with E-state index in [2.05, 4.69) is 48.5 Å². The zero-order valence-electron chi connectivity index (χ0n) is 29.0. The van der Waals surface area contributed by atoms with Crippen LogP contribution in [0, 0.1) is 25.8 Å². The van der Waals surface area contributed by atoms with Crippen LogP contribution in [-0.2, 0) is 63.2 Å². The van der Waals surface area contributed by atoms with Crippen LogP contribution in [0.25, 0.3) is 0 Å². The number of phosphoric ester groups is 2. The number of aliphatic hydroxyl groups excluding tert-OH is 2. The Bertz CT molecular complexity index is 2500. The summed E-state index contributed by atoms with van der Waals surface area (Å²) < 4.78 is 154. The van der Waals surface area contributed by atoms with Gasteiger partial charge in [0.25, 0.3) is 0 Å². The molecule has 2 aromatic rings. The van der Waals surface area contributed by atoms with E-state index in [1.165, 1.54) is 0 Å². The Hall–Kier alpha value is -1.08. The third-order valence-corrected chi connectivity index (χ3v) is 15.5. The first-order valence-electron chi connectivity index (χ1n) is 14.7. The number of nitrogens with one attached hydrogen (secondary N) is 1. The fourth-order valence-corrected chi connectivity index (χ4v) is 11.5. The van der Waals surface area contributed by atoms with Crippen molar-refractivity contribution in [1.29, 1.82) is 0 Å². The second-order valence-electron chi connectivity index (χ2n) is 11.6. The van der Waals surface area contributed by atoms with Crippen LogP contribution in [-0.4, -0.2) is 128 Å². The van der Waals surface area contributed by atoms with E-state index in [-0.39, 0.29) is 0 Å². The monoisotopic (exact) mass is 1090 g/mol. The van der Waals surface area contributed by atoms with Gasteiger partial charge >= 0.3 is 46.9 Å². The number of aromatic nitrogens is 4. The molecule has 62 heavy (non-hydrogen) atoms. The minimum Gasteiger partial charge on any atom is -0.384 e. The van der Waals surface area contributed by atoms with Gasteiger partial charge in [0.2, 0.25) is 17.4 Å². The summed E-state index contributed by atoms with van der Waals surface area (Å²) in [6.07, 6.45) is -13.1. The van der Waals surface area contributed by atoms with Gasteiger partial charge in [0.1, 0.15) is 30.2 Å². The summed E-state index contributed by atoms with van der Waals surface area (Å²) in [6, 6.07) is 0. The highest BCUT2D eigenvalue weighted by Crippen LogP contribution is 2.68. The first kappa shape index (κ1) is 55.2. The molecule has 0 spiro atoms. The van der Waals surface area contributed by atoms with Crippen molar-refractivity contribution >= 4 is 89.4 Å². The molecule has 12 atom stereocenters. The van der Waals surface area contributed by atoms with E-state index in [1.807, 2.05) is 0 Å². The highest BCUT2D eigenvalue weighted by molar-refractivity contribution is 7.72. The number of nitrogens with zero attached hydrogens (tertiary/aromatic N) is 3. The van der Waals surface area contributed by atoms with Crippen LogP contribution in [0.5, 0.6) is 0 Å². The molecular formula is C18H27F4N5O26P6S3. The summed E-state index contributed by atoms with van der Waals surface area (Å²) in [4.78, 5) is 76.7. The average Bonchev–Trinajstić information content (AvgIpc) is 3.45. The normalized spacial score (nSPS) is 30.6. The average molecular weight is 1090 g/mol. The van der Waals surface area contributed by atoms with Crippen molar-refractivity contribution < 1.29 is 140 Å². The number of hydrogen-bond donors (Lipinski definition) is 14. The highest BCUT2D eigenvalue weighted by Gasteiger charge is 2.61. The number of rotatable bonds is 16. The molecule has 15 N–H and O–H groups in total. The second-order valence-corrected chi connectivity index (χ2v) is 21.5. The van der Waals surface area contributed by atoms with Crippen molar-refractivity contribution in [1.82, 2.24) is 19.1 Å². The number of nitrogens with two attached hydrogens (primary N) is 1. The van der Waals surface area contributed by atoms with E-state index in [0.29, 0.717) is 21.5 Å². The summed E-state index contributed by atoms with van der Waals surface area (Å²) in [7, 11) is -34.8. The third kappa shape index (κ3) is 14.0. The fraction of sp³-hybridized carbons (Fsp3) is 0.556. The summed E-state index contributed by atoms with van der Waals surface area (Å²) in [5, 5.41) is 41.0. The van der Waals surface area contributed by atoms with E-state index >= 15 is 0 Å². The Morgan fingerprint density at radius 1 is 0.694 bits per heavy atom. The van der Waals surface area contributed by atoms with Crippen LogP contribution in [0.15, 0.2) is 12.4 Å². The van der Waals surface area contributed by atoms with Gasteiger partial charge in [-0.15, -0.1) is 0 Å². The summed E-state index contributed by atoms with van der Waals surface area (Å²) in [5.41, 5.74) is -0.742.